The molecule has 4 heterocycles. The molecule has 3 aromatic heterocycles. The molecule has 15 heteroatoms. The molecule has 6 aromatic rings. The number of rotatable bonds is 12. The first-order chi connectivity index (χ1) is 26.4. The molecule has 0 aliphatic carbocycles. The number of nitrogens with zero attached hydrogens (tertiary/aromatic N) is 5. The molecule has 1 aliphatic heterocycles. The summed E-state index contributed by atoms with van der Waals surface area (Å²) in [5.41, 5.74) is 3.03. The monoisotopic (exact) mass is 771 g/mol. The summed E-state index contributed by atoms with van der Waals surface area (Å²) in [4.78, 5) is 17.5. The van der Waals surface area contributed by atoms with Crippen LogP contribution < -0.4 is 9.47 Å². The zero-order valence-electron chi connectivity index (χ0n) is 30.4. The number of morpholine rings is 1. The van der Waals surface area contributed by atoms with Crippen LogP contribution in [0.2, 0.25) is 0 Å². The number of halogens is 2. The lowest BCUT2D eigenvalue weighted by atomic mass is 10.0. The Morgan fingerprint density at radius 1 is 0.927 bits per heavy atom. The quantitative estimate of drug-likeness (QED) is 0.146. The minimum absolute atomic E-state index is 0.0442. The van der Waals surface area contributed by atoms with Gasteiger partial charge >= 0.3 is 6.09 Å². The van der Waals surface area contributed by atoms with E-state index in [-0.39, 0.29) is 61.0 Å². The fraction of sp³-hybridized carbons (Fsp3) is 0.250. The highest BCUT2D eigenvalue weighted by molar-refractivity contribution is 7.89. The van der Waals surface area contributed by atoms with Crippen molar-refractivity contribution in [2.75, 3.05) is 33.9 Å². The number of fused-ring (bicyclic) bond motifs is 1. The Bertz CT molecular complexity index is 2380. The first-order valence-corrected chi connectivity index (χ1v) is 18.9. The Balaban J connectivity index is 1.21. The maximum atomic E-state index is 16.2. The first-order valence-electron chi connectivity index (χ1n) is 17.4. The zero-order valence-corrected chi connectivity index (χ0v) is 31.2. The van der Waals surface area contributed by atoms with E-state index < -0.39 is 33.9 Å². The molecule has 1 unspecified atom stereocenters. The van der Waals surface area contributed by atoms with Gasteiger partial charge in [0.1, 0.15) is 33.7 Å². The zero-order chi connectivity index (χ0) is 38.9. The lowest BCUT2D eigenvalue weighted by Crippen LogP contribution is -2.45. The number of aromatic nitrogens is 3. The number of ether oxygens (including phenoxy) is 3. The predicted molar refractivity (Wildman–Crippen MR) is 200 cm³/mol. The van der Waals surface area contributed by atoms with Crippen molar-refractivity contribution >= 4 is 21.8 Å². The van der Waals surface area contributed by atoms with Gasteiger partial charge in [0.05, 0.1) is 56.1 Å². The summed E-state index contributed by atoms with van der Waals surface area (Å²) < 4.78 is 81.7. The molecule has 0 bridgehead atoms. The highest BCUT2D eigenvalue weighted by Gasteiger charge is 2.30. The number of hydrogen-bond donors (Lipinski definition) is 1. The van der Waals surface area contributed by atoms with Crippen LogP contribution in [0.15, 0.2) is 102 Å². The van der Waals surface area contributed by atoms with E-state index in [0.717, 1.165) is 28.8 Å². The molecule has 1 saturated heterocycles. The van der Waals surface area contributed by atoms with Crippen molar-refractivity contribution in [2.45, 2.75) is 37.4 Å². The molecule has 1 N–H and O–H groups in total. The highest BCUT2D eigenvalue weighted by Crippen LogP contribution is 2.34. The number of hydrogen-bond acceptors (Lipinski definition) is 7. The number of carbonyl (C=O) groups is 1. The van der Waals surface area contributed by atoms with Gasteiger partial charge in [-0.15, -0.1) is 0 Å². The maximum absolute atomic E-state index is 16.2. The van der Waals surface area contributed by atoms with Gasteiger partial charge in [-0.1, -0.05) is 24.3 Å². The standard InChI is InChI=1S/C40H39F2N5O7S/c1-26-12-15-47-36(21-32-24-45(40(48)49)16-17-54-32)39(43-37(47)18-26)38-34(41)19-29(20-35(38)42)44-14-13-33(25-44)55(50,51)46(22-27-4-8-30(52-2)9-5-27)23-28-6-10-31(53-3)11-7-28/h4-15,18-20,25,32H,16-17,21-24H2,1-3H3,(H,48,49). The lowest BCUT2D eigenvalue weighted by molar-refractivity contribution is -0.0214. The van der Waals surface area contributed by atoms with E-state index in [1.807, 2.05) is 13.0 Å². The Morgan fingerprint density at radius 3 is 2.13 bits per heavy atom. The van der Waals surface area contributed by atoms with E-state index in [4.69, 9.17) is 14.2 Å². The van der Waals surface area contributed by atoms with Crippen molar-refractivity contribution in [1.82, 2.24) is 23.2 Å². The third kappa shape index (κ3) is 7.90. The van der Waals surface area contributed by atoms with Crippen LogP contribution in [0.5, 0.6) is 11.5 Å². The molecule has 0 spiro atoms. The lowest BCUT2D eigenvalue weighted by Gasteiger charge is -2.31. The Hall–Kier alpha value is -5.77. The summed E-state index contributed by atoms with van der Waals surface area (Å²) in [6.07, 6.45) is 3.03. The second-order valence-electron chi connectivity index (χ2n) is 13.3. The Kier molecular flexibility index (Phi) is 10.6. The molecule has 3 aromatic carbocycles. The number of imidazole rings is 1. The van der Waals surface area contributed by atoms with Gasteiger partial charge in [0.2, 0.25) is 10.0 Å². The molecule has 1 fully saturated rings. The molecule has 12 nitrogen and oxygen atoms in total. The van der Waals surface area contributed by atoms with Gasteiger partial charge in [-0.2, -0.15) is 4.31 Å². The van der Waals surface area contributed by atoms with E-state index in [1.54, 1.807) is 79.4 Å². The van der Waals surface area contributed by atoms with Crippen molar-refractivity contribution in [3.05, 3.63) is 131 Å². The van der Waals surface area contributed by atoms with Crippen LogP contribution in [0.1, 0.15) is 22.4 Å². The fourth-order valence-electron chi connectivity index (χ4n) is 6.69. The largest absolute Gasteiger partial charge is 0.497 e. The van der Waals surface area contributed by atoms with Gasteiger partial charge in [0.15, 0.2) is 0 Å². The average Bonchev–Trinajstić information content (AvgIpc) is 3.81. The van der Waals surface area contributed by atoms with Gasteiger partial charge < -0.3 is 33.2 Å². The number of amides is 1. The number of carboxylic acid groups (broad SMARTS) is 1. The van der Waals surface area contributed by atoms with Crippen LogP contribution >= 0.6 is 0 Å². The molecule has 0 radical (unpaired) electrons. The van der Waals surface area contributed by atoms with Crippen molar-refractivity contribution in [1.29, 1.82) is 0 Å². The number of sulfonamides is 1. The van der Waals surface area contributed by atoms with Crippen LogP contribution in [0, 0.1) is 18.6 Å². The molecule has 286 valence electrons. The second kappa shape index (κ2) is 15.5. The number of benzene rings is 3. The summed E-state index contributed by atoms with van der Waals surface area (Å²) in [6, 6.07) is 21.4. The van der Waals surface area contributed by atoms with Crippen LogP contribution in [-0.4, -0.2) is 82.8 Å². The summed E-state index contributed by atoms with van der Waals surface area (Å²) in [7, 11) is -1.04. The van der Waals surface area contributed by atoms with Gasteiger partial charge in [0.25, 0.3) is 0 Å². The maximum Gasteiger partial charge on any atom is 0.407 e. The van der Waals surface area contributed by atoms with Crippen molar-refractivity contribution < 1.29 is 41.3 Å². The van der Waals surface area contributed by atoms with E-state index in [0.29, 0.717) is 22.8 Å². The van der Waals surface area contributed by atoms with E-state index in [1.165, 1.54) is 32.2 Å². The molecule has 55 heavy (non-hydrogen) atoms. The Morgan fingerprint density at radius 2 is 1.55 bits per heavy atom. The third-order valence-corrected chi connectivity index (χ3v) is 11.4. The van der Waals surface area contributed by atoms with Crippen LogP contribution in [0.25, 0.3) is 22.6 Å². The van der Waals surface area contributed by atoms with Crippen LogP contribution in [-0.2, 0) is 34.3 Å². The summed E-state index contributed by atoms with van der Waals surface area (Å²) >= 11 is 0. The predicted octanol–water partition coefficient (Wildman–Crippen LogP) is 6.71. The van der Waals surface area contributed by atoms with Crippen LogP contribution in [0.3, 0.4) is 0 Å². The van der Waals surface area contributed by atoms with E-state index in [9.17, 15) is 18.3 Å². The molecular formula is C40H39F2N5O7S. The second-order valence-corrected chi connectivity index (χ2v) is 15.2. The van der Waals surface area contributed by atoms with Crippen molar-refractivity contribution in [2.24, 2.45) is 0 Å². The van der Waals surface area contributed by atoms with Gasteiger partial charge in [0, 0.05) is 44.6 Å². The van der Waals surface area contributed by atoms with Gasteiger partial charge in [-0.3, -0.25) is 0 Å². The normalized spacial score (nSPS) is 14.8. The Labute approximate surface area is 316 Å². The number of pyridine rings is 1. The number of aryl methyl sites for hydroxylation is 1. The summed E-state index contributed by atoms with van der Waals surface area (Å²) in [5.74, 6) is -0.555. The van der Waals surface area contributed by atoms with E-state index >= 15 is 8.78 Å². The molecule has 1 aliphatic rings. The van der Waals surface area contributed by atoms with E-state index in [2.05, 4.69) is 4.98 Å². The van der Waals surface area contributed by atoms with Crippen molar-refractivity contribution in [3.8, 4) is 28.4 Å². The average molecular weight is 772 g/mol. The van der Waals surface area contributed by atoms with Crippen LogP contribution in [0.4, 0.5) is 13.6 Å². The number of methoxy groups -OCH3 is 2. The SMILES string of the molecule is COc1ccc(CN(Cc2ccc(OC)cc2)S(=O)(=O)c2ccn(-c3cc(F)c(-c4nc5cc(C)ccn5c4CC4CN(C(=O)O)CCO4)c(F)c3)c2)cc1. The summed E-state index contributed by atoms with van der Waals surface area (Å²) in [6.45, 7) is 2.47. The highest BCUT2D eigenvalue weighted by atomic mass is 32.2. The van der Waals surface area contributed by atoms with Gasteiger partial charge in [-0.25, -0.2) is 27.0 Å². The molecular weight excluding hydrogens is 733 g/mol. The molecule has 7 rings (SSSR count). The first kappa shape index (κ1) is 37.5. The van der Waals surface area contributed by atoms with Crippen molar-refractivity contribution in [3.63, 3.8) is 0 Å². The topological polar surface area (TPSA) is 128 Å². The minimum Gasteiger partial charge on any atom is -0.497 e. The molecule has 0 saturated carbocycles. The van der Waals surface area contributed by atoms with Gasteiger partial charge in [-0.05, 0) is 78.2 Å². The molecule has 1 atom stereocenters. The third-order valence-electron chi connectivity index (χ3n) is 9.61. The minimum atomic E-state index is -4.14. The smallest absolute Gasteiger partial charge is 0.407 e. The molecule has 1 amide bonds. The fourth-order valence-corrected chi connectivity index (χ4v) is 8.11. The summed E-state index contributed by atoms with van der Waals surface area (Å²) in [5, 5.41) is 9.54.